The van der Waals surface area contributed by atoms with Gasteiger partial charge in [0.15, 0.2) is 10.8 Å². The van der Waals surface area contributed by atoms with E-state index in [1.165, 1.54) is 43.1 Å². The second kappa shape index (κ2) is 9.97. The van der Waals surface area contributed by atoms with Gasteiger partial charge in [0.25, 0.3) is 11.8 Å². The number of H-pyrrole nitrogens is 1. The summed E-state index contributed by atoms with van der Waals surface area (Å²) in [5, 5.41) is 3.24. The molecule has 0 unspecified atom stereocenters. The maximum atomic E-state index is 15.2. The van der Waals surface area contributed by atoms with Crippen LogP contribution in [-0.4, -0.2) is 32.4 Å². The van der Waals surface area contributed by atoms with E-state index >= 15 is 4.39 Å². The lowest BCUT2D eigenvalue weighted by atomic mass is 10.0. The first-order chi connectivity index (χ1) is 19.3. The number of thiocarbonyl (C=S) groups is 1. The van der Waals surface area contributed by atoms with E-state index in [-0.39, 0.29) is 28.6 Å². The van der Waals surface area contributed by atoms with Crippen LogP contribution in [0.3, 0.4) is 0 Å². The highest BCUT2D eigenvalue weighted by Crippen LogP contribution is 2.42. The average molecular weight is 581 g/mol. The van der Waals surface area contributed by atoms with Crippen LogP contribution < -0.4 is 15.1 Å². The predicted octanol–water partition coefficient (Wildman–Crippen LogP) is 6.12. The number of hydrogen-bond donors (Lipinski definition) is 2. The van der Waals surface area contributed by atoms with Gasteiger partial charge in [0.05, 0.1) is 17.7 Å². The van der Waals surface area contributed by atoms with Crippen molar-refractivity contribution in [3.63, 3.8) is 0 Å². The number of fused-ring (bicyclic) bond motifs is 1. The molecule has 4 aromatic rings. The molecule has 1 fully saturated rings. The highest BCUT2D eigenvalue weighted by atomic mass is 32.1. The Bertz CT molecular complexity index is 1780. The van der Waals surface area contributed by atoms with Crippen molar-refractivity contribution in [3.05, 3.63) is 94.8 Å². The molecule has 5 rings (SSSR count). The molecule has 41 heavy (non-hydrogen) atoms. The van der Waals surface area contributed by atoms with Crippen molar-refractivity contribution in [2.24, 2.45) is 0 Å². The maximum Gasteiger partial charge on any atom is 0.407 e. The summed E-state index contributed by atoms with van der Waals surface area (Å²) in [7, 11) is 0. The molecule has 2 aromatic heterocycles. The first-order valence-corrected chi connectivity index (χ1v) is 12.5. The van der Waals surface area contributed by atoms with Crippen LogP contribution >= 0.6 is 12.2 Å². The van der Waals surface area contributed by atoms with Crippen LogP contribution in [0, 0.1) is 12.4 Å². The molecule has 1 aliphatic heterocycles. The molecule has 13 heteroatoms. The largest absolute Gasteiger partial charge is 0.407 e. The lowest BCUT2D eigenvalue weighted by Gasteiger charge is -2.29. The highest BCUT2D eigenvalue weighted by molar-refractivity contribution is 7.81. The summed E-state index contributed by atoms with van der Waals surface area (Å²) in [5.74, 6) is -1.77. The Morgan fingerprint density at radius 2 is 1.88 bits per heavy atom. The Kier molecular flexibility index (Phi) is 6.74. The van der Waals surface area contributed by atoms with Gasteiger partial charge in [0.1, 0.15) is 17.0 Å². The first kappa shape index (κ1) is 27.7. The number of carbonyl (C=O) groups excluding carboxylic acids is 2. The molecule has 0 radical (unpaired) electrons. The van der Waals surface area contributed by atoms with Crippen molar-refractivity contribution in [2.45, 2.75) is 32.1 Å². The summed E-state index contributed by atoms with van der Waals surface area (Å²) in [6, 6.07) is 10.4. The Morgan fingerprint density at radius 3 is 2.56 bits per heavy atom. The number of rotatable bonds is 5. The van der Waals surface area contributed by atoms with Gasteiger partial charge in [-0.2, -0.15) is 13.2 Å². The van der Waals surface area contributed by atoms with Crippen LogP contribution in [0.25, 0.3) is 15.9 Å². The highest BCUT2D eigenvalue weighted by Gasteiger charge is 2.50. The number of benzene rings is 2. The monoisotopic (exact) mass is 580 g/mol. The van der Waals surface area contributed by atoms with Crippen LogP contribution in [0.15, 0.2) is 60.9 Å². The van der Waals surface area contributed by atoms with Crippen molar-refractivity contribution in [2.75, 3.05) is 9.80 Å². The predicted molar refractivity (Wildman–Crippen MR) is 148 cm³/mol. The maximum absolute atomic E-state index is 15.2. The van der Waals surface area contributed by atoms with Gasteiger partial charge in [-0.25, -0.2) is 14.2 Å². The van der Waals surface area contributed by atoms with Crippen molar-refractivity contribution in [1.82, 2.24) is 15.3 Å². The van der Waals surface area contributed by atoms with Crippen molar-refractivity contribution in [1.29, 1.82) is 0 Å². The Hall–Kier alpha value is -4.83. The van der Waals surface area contributed by atoms with E-state index in [0.29, 0.717) is 17.3 Å². The fraction of sp³-hybridized carbons (Fsp3) is 0.179. The van der Waals surface area contributed by atoms with E-state index in [4.69, 9.17) is 18.8 Å². The molecule has 2 N–H and O–H groups in total. The second-order valence-corrected chi connectivity index (χ2v) is 10.1. The third-order valence-electron chi connectivity index (χ3n) is 6.73. The molecule has 0 spiro atoms. The van der Waals surface area contributed by atoms with Gasteiger partial charge in [-0.05, 0) is 62.5 Å². The molecule has 0 aliphatic carbocycles. The normalized spacial score (nSPS) is 15.0. The summed E-state index contributed by atoms with van der Waals surface area (Å²) in [6.45, 7) is 9.93. The van der Waals surface area contributed by atoms with Crippen LogP contribution in [0.4, 0.5) is 34.6 Å². The minimum atomic E-state index is -4.82. The van der Waals surface area contributed by atoms with E-state index in [1.807, 2.05) is 0 Å². The third kappa shape index (κ3) is 4.87. The topological polar surface area (TPSA) is 85.7 Å². The molecule has 0 saturated carbocycles. The molecule has 1 aliphatic rings. The van der Waals surface area contributed by atoms with Crippen molar-refractivity contribution < 1.29 is 27.2 Å². The number of pyridine rings is 1. The summed E-state index contributed by atoms with van der Waals surface area (Å²) >= 11 is 5.49. The fourth-order valence-electron chi connectivity index (χ4n) is 4.60. The number of alkyl halides is 3. The van der Waals surface area contributed by atoms with E-state index in [0.717, 1.165) is 22.4 Å². The number of anilines is 2. The number of amides is 2. The quantitative estimate of drug-likeness (QED) is 0.169. The summed E-state index contributed by atoms with van der Waals surface area (Å²) in [4.78, 5) is 38.3. The van der Waals surface area contributed by atoms with E-state index < -0.39 is 40.6 Å². The van der Waals surface area contributed by atoms with Gasteiger partial charge >= 0.3 is 6.18 Å². The van der Waals surface area contributed by atoms with Crippen LogP contribution in [-0.2, 0) is 17.5 Å². The molecular weight excluding hydrogens is 560 g/mol. The third-order valence-corrected chi connectivity index (χ3v) is 7.09. The lowest BCUT2D eigenvalue weighted by Crippen LogP contribution is -2.44. The van der Waals surface area contributed by atoms with E-state index in [9.17, 15) is 22.8 Å². The second-order valence-electron chi connectivity index (χ2n) is 9.73. The van der Waals surface area contributed by atoms with E-state index in [2.05, 4.69) is 20.1 Å². The van der Waals surface area contributed by atoms with Gasteiger partial charge in [-0.3, -0.25) is 14.5 Å². The van der Waals surface area contributed by atoms with Gasteiger partial charge in [-0.1, -0.05) is 12.1 Å². The number of aromatic nitrogens is 2. The SMILES string of the molecule is [C-]#[N+]c1ccc(N2C(=O)C(C)(C)N(c3ccc(CNC(=O)c4cnc5[nH]ccc5c4)c(F)c3)C2=S)cc1C(F)(F)F. The molecule has 0 atom stereocenters. The number of hydrogen-bond acceptors (Lipinski definition) is 4. The fourth-order valence-corrected chi connectivity index (χ4v) is 5.13. The number of aromatic amines is 1. The number of carbonyl (C=O) groups is 2. The minimum Gasteiger partial charge on any atom is -0.348 e. The number of halogens is 4. The van der Waals surface area contributed by atoms with Gasteiger partial charge in [0.2, 0.25) is 0 Å². The molecule has 0 bridgehead atoms. The molecule has 2 aromatic carbocycles. The molecule has 1 saturated heterocycles. The Morgan fingerprint density at radius 1 is 1.15 bits per heavy atom. The van der Waals surface area contributed by atoms with Crippen LogP contribution in [0.1, 0.15) is 35.3 Å². The zero-order valence-electron chi connectivity index (χ0n) is 21.5. The van der Waals surface area contributed by atoms with Crippen molar-refractivity contribution >= 4 is 57.2 Å². The molecule has 208 valence electrons. The van der Waals surface area contributed by atoms with Gasteiger partial charge in [0, 0.05) is 41.3 Å². The summed E-state index contributed by atoms with van der Waals surface area (Å²) in [6.07, 6.45) is -1.73. The number of nitrogens with one attached hydrogen (secondary N) is 2. The number of nitrogens with zero attached hydrogens (tertiary/aromatic N) is 4. The zero-order valence-corrected chi connectivity index (χ0v) is 22.3. The molecule has 2 amide bonds. The van der Waals surface area contributed by atoms with Gasteiger partial charge < -0.3 is 15.2 Å². The Labute approximate surface area is 236 Å². The first-order valence-electron chi connectivity index (χ1n) is 12.1. The van der Waals surface area contributed by atoms with Crippen molar-refractivity contribution in [3.8, 4) is 0 Å². The van der Waals surface area contributed by atoms with Crippen LogP contribution in [0.2, 0.25) is 0 Å². The Balaban J connectivity index is 1.38. The summed E-state index contributed by atoms with van der Waals surface area (Å²) in [5.41, 5.74) is -2.06. The minimum absolute atomic E-state index is 0.136. The molecule has 3 heterocycles. The van der Waals surface area contributed by atoms with E-state index in [1.54, 1.807) is 18.3 Å². The van der Waals surface area contributed by atoms with Gasteiger partial charge in [-0.15, -0.1) is 0 Å². The van der Waals surface area contributed by atoms with Crippen LogP contribution in [0.5, 0.6) is 0 Å². The standard InChI is InChI=1S/C28H20F4N6O2S/c1-27(2)25(40)37(18-6-7-22(33-3)20(11-18)28(30,31)32)26(41)38(27)19-5-4-16(21(29)12-19)13-36-24(39)17-10-15-8-9-34-23(15)35-14-17/h4-12,14H,13H2,1-2H3,(H,34,35)(H,36,39). The zero-order chi connectivity index (χ0) is 29.7. The lowest BCUT2D eigenvalue weighted by molar-refractivity contribution is -0.136. The molecule has 8 nitrogen and oxygen atoms in total. The average Bonchev–Trinajstić information content (AvgIpc) is 3.46. The summed E-state index contributed by atoms with van der Waals surface area (Å²) < 4.78 is 55.9. The smallest absolute Gasteiger partial charge is 0.348 e. The molecular formula is C28H20F4N6O2S.